The molecule has 0 saturated carbocycles. The molecular weight excluding hydrogens is 364 g/mol. The van der Waals surface area contributed by atoms with Crippen molar-refractivity contribution in [3.05, 3.63) is 65.7 Å². The van der Waals surface area contributed by atoms with Gasteiger partial charge >= 0.3 is 0 Å². The van der Waals surface area contributed by atoms with E-state index in [1.807, 2.05) is 13.0 Å². The van der Waals surface area contributed by atoms with Crippen LogP contribution in [0.15, 0.2) is 54.6 Å². The predicted octanol–water partition coefficient (Wildman–Crippen LogP) is 2.71. The number of rotatable bonds is 6. The second-order valence-corrected chi connectivity index (χ2v) is 8.46. The zero-order valence-corrected chi connectivity index (χ0v) is 15.9. The summed E-state index contributed by atoms with van der Waals surface area (Å²) in [5.41, 5.74) is 1.17. The number of nitrogens with one attached hydrogen (secondary N) is 2. The minimum absolute atomic E-state index is 0.112. The zero-order valence-electron chi connectivity index (χ0n) is 15.1. The summed E-state index contributed by atoms with van der Waals surface area (Å²) in [5.74, 6) is -0.660. The van der Waals surface area contributed by atoms with Gasteiger partial charge in [0.25, 0.3) is 0 Å². The lowest BCUT2D eigenvalue weighted by Crippen LogP contribution is -2.51. The maximum atomic E-state index is 12.4. The molecule has 0 bridgehead atoms. The van der Waals surface area contributed by atoms with Crippen LogP contribution in [0.2, 0.25) is 0 Å². The van der Waals surface area contributed by atoms with Crippen molar-refractivity contribution in [2.24, 2.45) is 0 Å². The largest absolute Gasteiger partial charge is 0.296 e. The van der Waals surface area contributed by atoms with Crippen molar-refractivity contribution < 1.29 is 18.0 Å². The molecule has 1 atom stereocenters. The van der Waals surface area contributed by atoms with Gasteiger partial charge in [0.2, 0.25) is 21.8 Å². The molecule has 2 aromatic carbocycles. The number of hydrogen-bond acceptors (Lipinski definition) is 4. The van der Waals surface area contributed by atoms with E-state index in [4.69, 9.17) is 0 Å². The first kappa shape index (κ1) is 19.1. The second-order valence-electron chi connectivity index (χ2n) is 6.74. The number of carbonyl (C=O) groups is 2. The van der Waals surface area contributed by atoms with Crippen molar-refractivity contribution in [2.45, 2.75) is 37.4 Å². The number of imide groups is 1. The average molecular weight is 386 g/mol. The molecule has 1 heterocycles. The first-order valence-electron chi connectivity index (χ1n) is 8.84. The predicted molar refractivity (Wildman–Crippen MR) is 103 cm³/mol. The number of amides is 2. The van der Waals surface area contributed by atoms with Crippen LogP contribution in [0.25, 0.3) is 0 Å². The highest BCUT2D eigenvalue weighted by Gasteiger charge is 2.42. The maximum Gasteiger partial charge on any atom is 0.237 e. The van der Waals surface area contributed by atoms with Gasteiger partial charge in [0.1, 0.15) is 0 Å². The van der Waals surface area contributed by atoms with E-state index in [9.17, 15) is 18.0 Å². The fourth-order valence-corrected chi connectivity index (χ4v) is 4.63. The number of benzene rings is 2. The van der Waals surface area contributed by atoms with Crippen LogP contribution < -0.4 is 10.0 Å². The third-order valence-electron chi connectivity index (χ3n) is 4.98. The van der Waals surface area contributed by atoms with Gasteiger partial charge in [-0.05, 0) is 36.1 Å². The van der Waals surface area contributed by atoms with Crippen LogP contribution in [0.5, 0.6) is 0 Å². The van der Waals surface area contributed by atoms with E-state index in [-0.39, 0.29) is 17.6 Å². The summed E-state index contributed by atoms with van der Waals surface area (Å²) in [5, 5.41) is 2.41. The number of piperidine rings is 1. The van der Waals surface area contributed by atoms with Crippen molar-refractivity contribution >= 4 is 27.5 Å². The number of sulfonamides is 1. The van der Waals surface area contributed by atoms with Crippen molar-refractivity contribution in [3.8, 4) is 0 Å². The summed E-state index contributed by atoms with van der Waals surface area (Å²) in [6, 6.07) is 15.7. The Hall–Kier alpha value is -2.67. The molecule has 2 N–H and O–H groups in total. The van der Waals surface area contributed by atoms with Gasteiger partial charge in [-0.3, -0.25) is 19.6 Å². The Balaban J connectivity index is 1.77. The quantitative estimate of drug-likeness (QED) is 0.747. The van der Waals surface area contributed by atoms with Gasteiger partial charge < -0.3 is 0 Å². The first-order chi connectivity index (χ1) is 12.8. The van der Waals surface area contributed by atoms with Crippen LogP contribution in [-0.4, -0.2) is 20.2 Å². The average Bonchev–Trinajstić information content (AvgIpc) is 2.63. The molecule has 7 heteroatoms. The van der Waals surface area contributed by atoms with E-state index in [2.05, 4.69) is 10.0 Å². The van der Waals surface area contributed by atoms with Gasteiger partial charge in [-0.25, -0.2) is 8.42 Å². The van der Waals surface area contributed by atoms with Crippen LogP contribution in [-0.2, 0) is 30.8 Å². The maximum absolute atomic E-state index is 12.4. The Morgan fingerprint density at radius 3 is 2.30 bits per heavy atom. The molecule has 1 saturated heterocycles. The van der Waals surface area contributed by atoms with Crippen molar-refractivity contribution in [3.63, 3.8) is 0 Å². The molecule has 142 valence electrons. The minimum atomic E-state index is -3.54. The van der Waals surface area contributed by atoms with Gasteiger partial charge in [-0.1, -0.05) is 49.4 Å². The lowest BCUT2D eigenvalue weighted by molar-refractivity contribution is -0.138. The lowest BCUT2D eigenvalue weighted by Gasteiger charge is -2.35. The minimum Gasteiger partial charge on any atom is -0.296 e. The third-order valence-corrected chi connectivity index (χ3v) is 6.24. The molecule has 1 aliphatic heterocycles. The highest BCUT2D eigenvalue weighted by Crippen LogP contribution is 2.36. The summed E-state index contributed by atoms with van der Waals surface area (Å²) >= 11 is 0. The second kappa shape index (κ2) is 7.52. The van der Waals surface area contributed by atoms with Crippen molar-refractivity contribution in [2.75, 3.05) is 4.72 Å². The highest BCUT2D eigenvalue weighted by atomic mass is 32.2. The highest BCUT2D eigenvalue weighted by molar-refractivity contribution is 7.91. The summed E-state index contributed by atoms with van der Waals surface area (Å²) in [6.45, 7) is 1.91. The Kier molecular flexibility index (Phi) is 5.32. The SMILES string of the molecule is CC[C@]1(c2ccc(NS(=O)(=O)Cc3ccccc3)cc2)CCC(=O)NC1=O. The number of hydrogen-bond donors (Lipinski definition) is 2. The van der Waals surface area contributed by atoms with Crippen LogP contribution in [0.4, 0.5) is 5.69 Å². The molecule has 1 aliphatic rings. The van der Waals surface area contributed by atoms with E-state index in [0.29, 0.717) is 30.5 Å². The normalized spacial score (nSPS) is 20.2. The van der Waals surface area contributed by atoms with E-state index in [0.717, 1.165) is 5.56 Å². The lowest BCUT2D eigenvalue weighted by atomic mass is 9.72. The molecule has 2 aromatic rings. The Morgan fingerprint density at radius 1 is 1.04 bits per heavy atom. The molecular formula is C20H22N2O4S. The fraction of sp³-hybridized carbons (Fsp3) is 0.300. The van der Waals surface area contributed by atoms with Gasteiger partial charge in [-0.15, -0.1) is 0 Å². The summed E-state index contributed by atoms with van der Waals surface area (Å²) in [4.78, 5) is 23.9. The number of anilines is 1. The van der Waals surface area contributed by atoms with Gasteiger partial charge in [0, 0.05) is 12.1 Å². The van der Waals surface area contributed by atoms with E-state index in [1.165, 1.54) is 0 Å². The van der Waals surface area contributed by atoms with Crippen molar-refractivity contribution in [1.82, 2.24) is 5.32 Å². The van der Waals surface area contributed by atoms with Crippen LogP contribution in [0.1, 0.15) is 37.3 Å². The van der Waals surface area contributed by atoms with Gasteiger partial charge in [0.05, 0.1) is 11.2 Å². The Morgan fingerprint density at radius 2 is 1.70 bits per heavy atom. The molecule has 3 rings (SSSR count). The fourth-order valence-electron chi connectivity index (χ4n) is 3.43. The Bertz CT molecular complexity index is 940. The van der Waals surface area contributed by atoms with E-state index < -0.39 is 15.4 Å². The molecule has 0 spiro atoms. The molecule has 0 unspecified atom stereocenters. The number of carbonyl (C=O) groups excluding carboxylic acids is 2. The van der Waals surface area contributed by atoms with E-state index in [1.54, 1.807) is 48.5 Å². The summed E-state index contributed by atoms with van der Waals surface area (Å²) in [7, 11) is -3.54. The van der Waals surface area contributed by atoms with Crippen LogP contribution in [0, 0.1) is 0 Å². The molecule has 6 nitrogen and oxygen atoms in total. The summed E-state index contributed by atoms with van der Waals surface area (Å²) < 4.78 is 27.3. The monoisotopic (exact) mass is 386 g/mol. The molecule has 0 aromatic heterocycles. The molecule has 0 radical (unpaired) electrons. The van der Waals surface area contributed by atoms with Gasteiger partial charge in [0.15, 0.2) is 0 Å². The van der Waals surface area contributed by atoms with Gasteiger partial charge in [-0.2, -0.15) is 0 Å². The smallest absolute Gasteiger partial charge is 0.237 e. The molecule has 1 fully saturated rings. The topological polar surface area (TPSA) is 92.3 Å². The first-order valence-corrected chi connectivity index (χ1v) is 10.5. The Labute approximate surface area is 159 Å². The standard InChI is InChI=1S/C20H22N2O4S/c1-2-20(13-12-18(23)21-19(20)24)16-8-10-17(11-9-16)22-27(25,26)14-15-6-4-3-5-7-15/h3-11,22H,2,12-14H2,1H3,(H,21,23,24)/t20-/m1/s1. The van der Waals surface area contributed by atoms with Crippen LogP contribution in [0.3, 0.4) is 0 Å². The summed E-state index contributed by atoms with van der Waals surface area (Å²) in [6.07, 6.45) is 1.31. The van der Waals surface area contributed by atoms with Crippen molar-refractivity contribution in [1.29, 1.82) is 0 Å². The molecule has 27 heavy (non-hydrogen) atoms. The molecule has 2 amide bonds. The molecule has 0 aliphatic carbocycles. The van der Waals surface area contributed by atoms with Crippen LogP contribution >= 0.6 is 0 Å². The third kappa shape index (κ3) is 4.19. The zero-order chi connectivity index (χ0) is 19.5. The van der Waals surface area contributed by atoms with E-state index >= 15 is 0 Å².